The minimum Gasteiger partial charge on any atom is -0.394 e. The van der Waals surface area contributed by atoms with Gasteiger partial charge < -0.3 is 39.0 Å². The molecule has 13 heteroatoms. The molecule has 0 amide bonds. The van der Waals surface area contributed by atoms with Crippen LogP contribution in [0.25, 0.3) is 0 Å². The van der Waals surface area contributed by atoms with Gasteiger partial charge in [0.2, 0.25) is 0 Å². The SMILES string of the molecule is CC(C)(C)O[C@H]1C(O)[C@H](O[C@@H]2C3OC[C@@H]2O[C@H](C(C)(C)C)C3O)OC(CO)[C@H]1OSOOO. The summed E-state index contributed by atoms with van der Waals surface area (Å²) < 4.78 is 39.4. The van der Waals surface area contributed by atoms with Gasteiger partial charge in [0.1, 0.15) is 48.8 Å². The van der Waals surface area contributed by atoms with E-state index < -0.39 is 73.4 Å². The van der Waals surface area contributed by atoms with Crippen LogP contribution >= 0.6 is 12.3 Å². The summed E-state index contributed by atoms with van der Waals surface area (Å²) in [5.74, 6) is 0. The van der Waals surface area contributed by atoms with Gasteiger partial charge in [0, 0.05) is 0 Å². The van der Waals surface area contributed by atoms with Gasteiger partial charge in [0.25, 0.3) is 0 Å². The number of ether oxygens (including phenoxy) is 5. The number of rotatable bonds is 8. The van der Waals surface area contributed by atoms with E-state index in [0.29, 0.717) is 12.3 Å². The highest BCUT2D eigenvalue weighted by atomic mass is 32.2. The van der Waals surface area contributed by atoms with E-state index in [9.17, 15) is 15.3 Å². The number of aliphatic hydroxyl groups is 3. The molecule has 2 bridgehead atoms. The summed E-state index contributed by atoms with van der Waals surface area (Å²) in [6.45, 7) is 11.0. The quantitative estimate of drug-likeness (QED) is 0.159. The van der Waals surface area contributed by atoms with Crippen molar-refractivity contribution in [2.24, 2.45) is 5.41 Å². The van der Waals surface area contributed by atoms with Crippen LogP contribution in [0.4, 0.5) is 0 Å². The molecule has 0 saturated carbocycles. The monoisotopic (exact) mass is 500 g/mol. The Balaban J connectivity index is 1.77. The molecule has 3 aliphatic heterocycles. The number of hydrogen-bond acceptors (Lipinski definition) is 13. The second kappa shape index (κ2) is 10.9. The summed E-state index contributed by atoms with van der Waals surface area (Å²) in [7, 11) is 0. The maximum absolute atomic E-state index is 11.1. The Labute approximate surface area is 197 Å². The van der Waals surface area contributed by atoms with Crippen molar-refractivity contribution in [2.45, 2.75) is 108 Å². The van der Waals surface area contributed by atoms with Crippen molar-refractivity contribution < 1.29 is 57.8 Å². The summed E-state index contributed by atoms with van der Waals surface area (Å²) in [4.78, 5) is 0. The largest absolute Gasteiger partial charge is 0.394 e. The highest BCUT2D eigenvalue weighted by Gasteiger charge is 2.57. The van der Waals surface area contributed by atoms with Crippen LogP contribution < -0.4 is 0 Å². The summed E-state index contributed by atoms with van der Waals surface area (Å²) in [6, 6.07) is 0. The third-order valence-electron chi connectivity index (χ3n) is 5.75. The molecule has 10 atom stereocenters. The molecular formula is C20H36O12S. The van der Waals surface area contributed by atoms with Crippen molar-refractivity contribution >= 4 is 12.3 Å². The van der Waals surface area contributed by atoms with Crippen molar-refractivity contribution in [3.8, 4) is 0 Å². The van der Waals surface area contributed by atoms with Crippen LogP contribution in [-0.4, -0.2) is 101 Å². The molecule has 0 aromatic carbocycles. The van der Waals surface area contributed by atoms with Gasteiger partial charge in [-0.05, 0) is 26.2 Å². The van der Waals surface area contributed by atoms with Crippen LogP contribution in [0, 0.1) is 5.41 Å². The first-order chi connectivity index (χ1) is 15.4. The van der Waals surface area contributed by atoms with Crippen molar-refractivity contribution in [3.63, 3.8) is 0 Å². The summed E-state index contributed by atoms with van der Waals surface area (Å²) >= 11 is 0.293. The first-order valence-corrected chi connectivity index (χ1v) is 11.6. The van der Waals surface area contributed by atoms with Crippen LogP contribution in [0.2, 0.25) is 0 Å². The molecule has 3 rings (SSSR count). The maximum Gasteiger partial charge on any atom is 0.198 e. The zero-order valence-corrected chi connectivity index (χ0v) is 20.5. The molecule has 0 aromatic rings. The molecule has 12 nitrogen and oxygen atoms in total. The molecule has 33 heavy (non-hydrogen) atoms. The molecule has 0 aromatic heterocycles. The van der Waals surface area contributed by atoms with Crippen LogP contribution in [-0.2, 0) is 37.2 Å². The van der Waals surface area contributed by atoms with Crippen LogP contribution in [0.3, 0.4) is 0 Å². The Bertz CT molecular complexity index is 625. The zero-order valence-electron chi connectivity index (χ0n) is 19.7. The second-order valence-electron chi connectivity index (χ2n) is 10.5. The van der Waals surface area contributed by atoms with Crippen LogP contribution in [0.1, 0.15) is 41.5 Å². The lowest BCUT2D eigenvalue weighted by atomic mass is 9.81. The Morgan fingerprint density at radius 2 is 1.67 bits per heavy atom. The normalized spacial score (nSPS) is 42.0. The molecule has 4 N–H and O–H groups in total. The molecule has 3 saturated heterocycles. The predicted molar refractivity (Wildman–Crippen MR) is 112 cm³/mol. The molecule has 0 spiro atoms. The lowest BCUT2D eigenvalue weighted by molar-refractivity contribution is -0.435. The second-order valence-corrected chi connectivity index (χ2v) is 11.0. The first-order valence-electron chi connectivity index (χ1n) is 10.9. The van der Waals surface area contributed by atoms with Gasteiger partial charge in [-0.15, -0.1) is 4.33 Å². The fourth-order valence-corrected chi connectivity index (χ4v) is 4.76. The number of aliphatic hydroxyl groups excluding tert-OH is 3. The van der Waals surface area contributed by atoms with E-state index in [1.807, 2.05) is 20.8 Å². The van der Waals surface area contributed by atoms with E-state index in [2.05, 4.69) is 9.37 Å². The van der Waals surface area contributed by atoms with Gasteiger partial charge in [-0.2, -0.15) is 0 Å². The third-order valence-corrected chi connectivity index (χ3v) is 6.17. The van der Waals surface area contributed by atoms with Gasteiger partial charge in [-0.1, -0.05) is 25.8 Å². The zero-order chi connectivity index (χ0) is 24.6. The Kier molecular flexibility index (Phi) is 9.04. The van der Waals surface area contributed by atoms with E-state index in [1.165, 1.54) is 0 Å². The first kappa shape index (κ1) is 27.5. The highest BCUT2D eigenvalue weighted by molar-refractivity contribution is 7.89. The molecular weight excluding hydrogens is 464 g/mol. The molecule has 3 aliphatic rings. The van der Waals surface area contributed by atoms with Gasteiger partial charge in [-0.25, -0.2) is 5.26 Å². The van der Waals surface area contributed by atoms with E-state index >= 15 is 0 Å². The topological polar surface area (TPSA) is 155 Å². The van der Waals surface area contributed by atoms with Crippen molar-refractivity contribution in [1.29, 1.82) is 0 Å². The summed E-state index contributed by atoms with van der Waals surface area (Å²) in [5, 5.41) is 43.7. The Hall–Kier alpha value is -0.130. The molecule has 4 unspecified atom stereocenters. The smallest absolute Gasteiger partial charge is 0.198 e. The van der Waals surface area contributed by atoms with Gasteiger partial charge >= 0.3 is 0 Å². The minimum absolute atomic E-state index is 0.230. The molecule has 0 radical (unpaired) electrons. The third kappa shape index (κ3) is 6.36. The lowest BCUT2D eigenvalue weighted by Gasteiger charge is -2.48. The Morgan fingerprint density at radius 3 is 2.24 bits per heavy atom. The van der Waals surface area contributed by atoms with Crippen molar-refractivity contribution in [1.82, 2.24) is 0 Å². The van der Waals surface area contributed by atoms with E-state index in [1.54, 1.807) is 20.8 Å². The summed E-state index contributed by atoms with van der Waals surface area (Å²) in [5.41, 5.74) is -1.01. The van der Waals surface area contributed by atoms with E-state index in [-0.39, 0.29) is 12.0 Å². The van der Waals surface area contributed by atoms with Crippen molar-refractivity contribution in [2.75, 3.05) is 13.2 Å². The fourth-order valence-electron chi connectivity index (χ4n) is 4.38. The minimum atomic E-state index is -1.34. The molecule has 0 aliphatic carbocycles. The standard InChI is InChI=1S/C20H36O12S/c1-19(2,3)17-11(22)15-13(10(26-17)8-25-15)28-18-12(23)16(29-20(4,5)6)14(9(7-21)27-18)30-33-32-31-24/h9-18,21-24H,7-8H2,1-6H3/t9?,10-,11?,12?,13-,14+,15?,16-,17-,18-/m0/s1. The number of hydrogen-bond donors (Lipinski definition) is 4. The lowest BCUT2D eigenvalue weighted by Crippen LogP contribution is -2.64. The predicted octanol–water partition coefficient (Wildman–Crippen LogP) is 0.576. The van der Waals surface area contributed by atoms with Crippen molar-refractivity contribution in [3.05, 3.63) is 0 Å². The average Bonchev–Trinajstić information content (AvgIpc) is 3.01. The molecule has 3 heterocycles. The van der Waals surface area contributed by atoms with Crippen LogP contribution in [0.5, 0.6) is 0 Å². The Morgan fingerprint density at radius 1 is 0.970 bits per heavy atom. The molecule has 194 valence electrons. The van der Waals surface area contributed by atoms with Gasteiger partial charge in [0.05, 0.1) is 24.9 Å². The van der Waals surface area contributed by atoms with E-state index in [4.69, 9.17) is 33.1 Å². The highest BCUT2D eigenvalue weighted by Crippen LogP contribution is 2.40. The van der Waals surface area contributed by atoms with Gasteiger partial charge in [-0.3, -0.25) is 4.18 Å². The fraction of sp³-hybridized carbons (Fsp3) is 1.00. The van der Waals surface area contributed by atoms with E-state index in [0.717, 1.165) is 0 Å². The maximum atomic E-state index is 11.1. The van der Waals surface area contributed by atoms with Crippen LogP contribution in [0.15, 0.2) is 0 Å². The number of fused-ring (bicyclic) bond motifs is 2. The molecule has 3 fully saturated rings. The average molecular weight is 501 g/mol. The van der Waals surface area contributed by atoms with Gasteiger partial charge in [0.15, 0.2) is 18.6 Å². The summed E-state index contributed by atoms with van der Waals surface area (Å²) in [6.07, 6.45) is -8.78.